The van der Waals surface area contributed by atoms with Gasteiger partial charge in [-0.25, -0.2) is 0 Å². The van der Waals surface area contributed by atoms with Gasteiger partial charge in [-0.15, -0.1) is 0 Å². The number of nitrogens with zero attached hydrogens (tertiary/aromatic N) is 1. The highest BCUT2D eigenvalue weighted by molar-refractivity contribution is 6.30. The SMILES string of the molecule is CCC[N+]1(CC#CCC2([O-])c3ccccc3-c3ccccc32)CCC(c2cccc(Cl)c2)C1. The van der Waals surface area contributed by atoms with Crippen LogP contribution in [0.4, 0.5) is 0 Å². The van der Waals surface area contributed by atoms with E-state index in [0.29, 0.717) is 12.3 Å². The lowest BCUT2D eigenvalue weighted by Gasteiger charge is -2.37. The van der Waals surface area contributed by atoms with E-state index in [1.165, 1.54) is 5.56 Å². The molecule has 0 aromatic heterocycles. The monoisotopic (exact) mass is 455 g/mol. The van der Waals surface area contributed by atoms with Gasteiger partial charge in [0.15, 0.2) is 0 Å². The lowest BCUT2D eigenvalue weighted by atomic mass is 9.88. The highest BCUT2D eigenvalue weighted by Gasteiger charge is 2.38. The molecule has 1 aliphatic heterocycles. The van der Waals surface area contributed by atoms with Crippen molar-refractivity contribution in [1.29, 1.82) is 0 Å². The van der Waals surface area contributed by atoms with Gasteiger partial charge in [0.2, 0.25) is 0 Å². The van der Waals surface area contributed by atoms with Gasteiger partial charge in [0.05, 0.1) is 19.6 Å². The summed E-state index contributed by atoms with van der Waals surface area (Å²) >= 11 is 6.25. The molecular weight excluding hydrogens is 426 g/mol. The zero-order valence-corrected chi connectivity index (χ0v) is 19.9. The lowest BCUT2D eigenvalue weighted by Crippen LogP contribution is -2.46. The number of hydrogen-bond acceptors (Lipinski definition) is 1. The summed E-state index contributed by atoms with van der Waals surface area (Å²) in [5.41, 5.74) is 3.89. The molecule has 2 nitrogen and oxygen atoms in total. The van der Waals surface area contributed by atoms with Crippen LogP contribution in [0.5, 0.6) is 0 Å². The molecule has 2 aliphatic rings. The quantitative estimate of drug-likeness (QED) is 0.355. The van der Waals surface area contributed by atoms with Crippen molar-refractivity contribution in [3.63, 3.8) is 0 Å². The van der Waals surface area contributed by atoms with E-state index in [-0.39, 0.29) is 0 Å². The van der Waals surface area contributed by atoms with Crippen LogP contribution in [0.1, 0.15) is 48.8 Å². The summed E-state index contributed by atoms with van der Waals surface area (Å²) in [5.74, 6) is 7.29. The summed E-state index contributed by atoms with van der Waals surface area (Å²) in [6, 6.07) is 24.3. The molecule has 1 saturated heterocycles. The van der Waals surface area contributed by atoms with Gasteiger partial charge in [0, 0.05) is 23.8 Å². The first kappa shape index (κ1) is 22.2. The number of quaternary nitrogens is 1. The maximum atomic E-state index is 14.1. The Bertz CT molecular complexity index is 1180. The second kappa shape index (κ2) is 8.99. The minimum absolute atomic E-state index is 0.310. The fraction of sp³-hybridized carbons (Fsp3) is 0.333. The third-order valence-electron chi connectivity index (χ3n) is 7.47. The Balaban J connectivity index is 1.35. The minimum atomic E-state index is -1.29. The molecule has 2 atom stereocenters. The van der Waals surface area contributed by atoms with Crippen LogP contribution in [-0.2, 0) is 5.60 Å². The zero-order valence-electron chi connectivity index (χ0n) is 19.2. The van der Waals surface area contributed by atoms with Crippen molar-refractivity contribution in [3.05, 3.63) is 94.5 Å². The maximum absolute atomic E-state index is 14.1. The smallest absolute Gasteiger partial charge is 0.140 e. The van der Waals surface area contributed by atoms with Crippen LogP contribution in [0.3, 0.4) is 0 Å². The van der Waals surface area contributed by atoms with Crippen LogP contribution >= 0.6 is 11.6 Å². The summed E-state index contributed by atoms with van der Waals surface area (Å²) in [6.45, 7) is 6.41. The first-order valence-corrected chi connectivity index (χ1v) is 12.4. The van der Waals surface area contributed by atoms with E-state index >= 15 is 0 Å². The van der Waals surface area contributed by atoms with E-state index in [0.717, 1.165) is 70.8 Å². The van der Waals surface area contributed by atoms with Gasteiger partial charge >= 0.3 is 0 Å². The fourth-order valence-corrected chi connectivity index (χ4v) is 6.10. The Kier molecular flexibility index (Phi) is 6.06. The van der Waals surface area contributed by atoms with Crippen molar-refractivity contribution in [1.82, 2.24) is 0 Å². The van der Waals surface area contributed by atoms with Gasteiger partial charge in [-0.2, -0.15) is 0 Å². The molecule has 3 aromatic rings. The molecule has 0 bridgehead atoms. The standard InChI is InChI=1S/C30H30ClNO/c1-2-18-32(20-16-24(22-32)23-10-9-11-25(31)21-23)19-8-7-17-30(33)28-14-5-3-12-26(28)27-13-4-6-15-29(27)30/h3-6,9-15,21,24H,2,16-20,22H2,1H3. The van der Waals surface area contributed by atoms with Crippen LogP contribution in [0.2, 0.25) is 5.02 Å². The summed E-state index contributed by atoms with van der Waals surface area (Å²) < 4.78 is 1.01. The van der Waals surface area contributed by atoms with Crippen molar-refractivity contribution in [2.45, 2.75) is 37.7 Å². The Labute approximate surface area is 202 Å². The molecule has 0 radical (unpaired) electrons. The number of halogens is 1. The van der Waals surface area contributed by atoms with E-state index in [1.807, 2.05) is 42.5 Å². The Morgan fingerprint density at radius 2 is 1.67 bits per heavy atom. The molecule has 1 heterocycles. The van der Waals surface area contributed by atoms with Crippen LogP contribution in [-0.4, -0.2) is 30.7 Å². The summed E-state index contributed by atoms with van der Waals surface area (Å²) in [4.78, 5) is 0. The average Bonchev–Trinajstić information content (AvgIpc) is 3.36. The third-order valence-corrected chi connectivity index (χ3v) is 7.70. The molecule has 5 rings (SSSR count). The average molecular weight is 456 g/mol. The van der Waals surface area contributed by atoms with Gasteiger partial charge in [0.25, 0.3) is 0 Å². The van der Waals surface area contributed by atoms with Crippen LogP contribution in [0, 0.1) is 11.8 Å². The first-order valence-electron chi connectivity index (χ1n) is 12.0. The van der Waals surface area contributed by atoms with E-state index in [4.69, 9.17) is 11.6 Å². The van der Waals surface area contributed by atoms with Gasteiger partial charge in [-0.05, 0) is 57.9 Å². The first-order chi connectivity index (χ1) is 16.0. The van der Waals surface area contributed by atoms with Crippen LogP contribution in [0.25, 0.3) is 11.1 Å². The predicted octanol–water partition coefficient (Wildman–Crippen LogP) is 5.73. The predicted molar refractivity (Wildman–Crippen MR) is 134 cm³/mol. The topological polar surface area (TPSA) is 23.1 Å². The molecule has 1 aliphatic carbocycles. The van der Waals surface area contributed by atoms with E-state index in [1.54, 1.807) is 0 Å². The normalized spacial score (nSPS) is 22.3. The second-order valence-electron chi connectivity index (χ2n) is 9.62. The number of rotatable bonds is 5. The van der Waals surface area contributed by atoms with Gasteiger partial charge < -0.3 is 9.59 Å². The number of likely N-dealkylation sites (tertiary alicyclic amines) is 1. The fourth-order valence-electron chi connectivity index (χ4n) is 5.90. The largest absolute Gasteiger partial charge is 0.842 e. The van der Waals surface area contributed by atoms with Crippen molar-refractivity contribution in [2.24, 2.45) is 0 Å². The molecule has 168 valence electrons. The molecule has 3 aromatic carbocycles. The minimum Gasteiger partial charge on any atom is -0.842 e. The molecule has 3 heteroatoms. The van der Waals surface area contributed by atoms with Gasteiger partial charge in [-0.1, -0.05) is 85.1 Å². The Hall–Kier alpha value is -2.57. The van der Waals surface area contributed by atoms with E-state index in [2.05, 4.69) is 49.1 Å². The molecule has 1 fully saturated rings. The molecule has 0 amide bonds. The summed E-state index contributed by atoms with van der Waals surface area (Å²) in [6.07, 6.45) is 2.61. The number of benzene rings is 3. The maximum Gasteiger partial charge on any atom is 0.140 e. The molecule has 2 unspecified atom stereocenters. The molecular formula is C30H30ClNO. The summed E-state index contributed by atoms with van der Waals surface area (Å²) in [7, 11) is 0. The van der Waals surface area contributed by atoms with Crippen molar-refractivity contribution in [2.75, 3.05) is 26.2 Å². The Morgan fingerprint density at radius 3 is 2.33 bits per heavy atom. The van der Waals surface area contributed by atoms with Crippen LogP contribution in [0.15, 0.2) is 72.8 Å². The zero-order chi connectivity index (χ0) is 22.9. The molecule has 0 saturated carbocycles. The van der Waals surface area contributed by atoms with Crippen LogP contribution < -0.4 is 5.11 Å². The highest BCUT2D eigenvalue weighted by atomic mass is 35.5. The third kappa shape index (κ3) is 4.11. The van der Waals surface area contributed by atoms with Gasteiger partial charge in [-0.3, -0.25) is 0 Å². The van der Waals surface area contributed by atoms with Crippen molar-refractivity contribution < 1.29 is 9.59 Å². The van der Waals surface area contributed by atoms with Gasteiger partial charge in [0.1, 0.15) is 6.54 Å². The second-order valence-corrected chi connectivity index (χ2v) is 10.1. The molecule has 0 spiro atoms. The summed E-state index contributed by atoms with van der Waals surface area (Å²) in [5, 5.41) is 14.9. The lowest BCUT2D eigenvalue weighted by molar-refractivity contribution is -0.910. The number of fused-ring (bicyclic) bond motifs is 3. The van der Waals surface area contributed by atoms with Crippen molar-refractivity contribution in [3.8, 4) is 23.0 Å². The van der Waals surface area contributed by atoms with Crippen molar-refractivity contribution >= 4 is 11.6 Å². The molecule has 33 heavy (non-hydrogen) atoms. The Morgan fingerprint density at radius 1 is 0.970 bits per heavy atom. The van der Waals surface area contributed by atoms with E-state index < -0.39 is 5.60 Å². The number of hydrogen-bond donors (Lipinski definition) is 0. The highest BCUT2D eigenvalue weighted by Crippen LogP contribution is 2.47. The van der Waals surface area contributed by atoms with E-state index in [9.17, 15) is 5.11 Å². The molecule has 0 N–H and O–H groups in total.